The van der Waals surface area contributed by atoms with E-state index in [0.29, 0.717) is 0 Å². The van der Waals surface area contributed by atoms with Gasteiger partial charge in [0, 0.05) is 0 Å². The number of rotatable bonds is 11. The molecule has 0 aromatic heterocycles. The molecule has 2 atom stereocenters. The predicted molar refractivity (Wildman–Crippen MR) is 274 cm³/mol. The summed E-state index contributed by atoms with van der Waals surface area (Å²) in [7, 11) is 18.7. The quantitative estimate of drug-likeness (QED) is 0.131. The minimum atomic E-state index is -5.16. The van der Waals surface area contributed by atoms with E-state index in [0.717, 1.165) is 12.8 Å². The number of halogens is 2. The van der Waals surface area contributed by atoms with Gasteiger partial charge in [0.1, 0.15) is 0 Å². The van der Waals surface area contributed by atoms with Gasteiger partial charge < -0.3 is 0 Å². The first-order chi connectivity index (χ1) is 29.7. The third-order valence-electron chi connectivity index (χ3n) is 17.1. The second kappa shape index (κ2) is 18.7. The van der Waals surface area contributed by atoms with Gasteiger partial charge in [0.05, 0.1) is 0 Å². The molecule has 4 aliphatic rings. The summed E-state index contributed by atoms with van der Waals surface area (Å²) in [4.78, 5) is 0. The van der Waals surface area contributed by atoms with E-state index in [1.54, 1.807) is 11.1 Å². The number of benzene rings is 4. The van der Waals surface area contributed by atoms with Crippen LogP contribution in [-0.2, 0) is 15.6 Å². The van der Waals surface area contributed by atoms with Crippen LogP contribution in [0.15, 0.2) is 83.9 Å². The van der Waals surface area contributed by atoms with E-state index in [-0.39, 0.29) is 18.1 Å². The first-order valence-corrected chi connectivity index (χ1v) is 41.4. The van der Waals surface area contributed by atoms with Gasteiger partial charge in [-0.15, -0.1) is 0 Å². The Morgan fingerprint density at radius 1 is 0.516 bits per heavy atom. The van der Waals surface area contributed by atoms with Crippen molar-refractivity contribution in [2.45, 2.75) is 177 Å². The molecule has 2 unspecified atom stereocenters. The molecule has 0 bridgehead atoms. The van der Waals surface area contributed by atoms with Gasteiger partial charge in [-0.05, 0) is 0 Å². The molecule has 0 radical (unpaired) electrons. The normalized spacial score (nSPS) is 22.0. The fraction of sp³-hybridized carbons (Fsp3) is 0.517. The van der Waals surface area contributed by atoms with Gasteiger partial charge in [-0.2, -0.15) is 0 Å². The standard InChI is InChI=1S/2C28H35.C2H7Si.2ClH.Zr/c2*1-4-28(13-8-6-5-7-9-14-28)20-23-18-24-11-10-12-26(27(24)19-23)25-16-21(2)15-22(3)17-25;1-3-2;;;/h2*10-12,15-19H,4-9,13-14,20H2,1-3H3;3H,1-2H3;2*1H;/q;;;;;+2/p-2. The van der Waals surface area contributed by atoms with Gasteiger partial charge >= 0.3 is 390 Å². The third kappa shape index (κ3) is 8.85. The van der Waals surface area contributed by atoms with E-state index in [1.807, 2.05) is 0 Å². The van der Waals surface area contributed by atoms with Gasteiger partial charge in [0.25, 0.3) is 0 Å². The van der Waals surface area contributed by atoms with E-state index in [4.69, 9.17) is 0 Å². The molecule has 4 aromatic rings. The van der Waals surface area contributed by atoms with Crippen LogP contribution >= 0.6 is 17.0 Å². The van der Waals surface area contributed by atoms with Crippen molar-refractivity contribution in [2.24, 2.45) is 10.8 Å². The van der Waals surface area contributed by atoms with E-state index in [9.17, 15) is 17.0 Å². The summed E-state index contributed by atoms with van der Waals surface area (Å²) in [5, 5.41) is 0. The monoisotopic (exact) mass is 961 g/mol. The average molecular weight is 964 g/mol. The van der Waals surface area contributed by atoms with Crippen molar-refractivity contribution in [3.8, 4) is 22.3 Å². The van der Waals surface area contributed by atoms with Crippen LogP contribution in [0.5, 0.6) is 0 Å². The zero-order valence-corrected chi connectivity index (χ0v) is 44.9. The summed E-state index contributed by atoms with van der Waals surface area (Å²) >= 11 is -5.16. The molecule has 0 heterocycles. The van der Waals surface area contributed by atoms with Crippen LogP contribution in [-0.4, -0.2) is 5.92 Å². The first kappa shape index (κ1) is 46.6. The molecule has 4 aromatic carbocycles. The van der Waals surface area contributed by atoms with Crippen LogP contribution in [0.3, 0.4) is 0 Å². The van der Waals surface area contributed by atoms with Gasteiger partial charge in [-0.3, -0.25) is 0 Å². The zero-order valence-electron chi connectivity index (χ0n) is 39.8. The molecule has 8 rings (SSSR count). The first-order valence-electron chi connectivity index (χ1n) is 25.1. The van der Waals surface area contributed by atoms with Gasteiger partial charge in [0.2, 0.25) is 0 Å². The van der Waals surface area contributed by atoms with E-state index >= 15 is 0 Å². The Kier molecular flexibility index (Phi) is 14.1. The van der Waals surface area contributed by atoms with Crippen molar-refractivity contribution in [3.05, 3.63) is 128 Å². The van der Waals surface area contributed by atoms with Crippen molar-refractivity contribution < 1.29 is 15.6 Å². The van der Waals surface area contributed by atoms with E-state index in [1.165, 1.54) is 169 Å². The van der Waals surface area contributed by atoms with Crippen molar-refractivity contribution in [1.82, 2.24) is 0 Å². The molecule has 4 heteroatoms. The third-order valence-corrected chi connectivity index (χ3v) is 68.9. The van der Waals surface area contributed by atoms with E-state index in [2.05, 4.69) is 140 Å². The summed E-state index contributed by atoms with van der Waals surface area (Å²) in [5.74, 6) is -1.78. The fourth-order valence-electron chi connectivity index (χ4n) is 13.6. The van der Waals surface area contributed by atoms with Crippen molar-refractivity contribution in [1.29, 1.82) is 0 Å². The zero-order chi connectivity index (χ0) is 43.9. The number of aryl methyl sites for hydroxylation is 4. The fourth-order valence-corrected chi connectivity index (χ4v) is 44.9. The molecule has 4 aliphatic carbocycles. The summed E-state index contributed by atoms with van der Waals surface area (Å²) in [6.07, 6.45) is 28.9. The number of hydrogen-bond donors (Lipinski definition) is 0. The second-order valence-electron chi connectivity index (χ2n) is 21.7. The number of allylic oxidation sites excluding steroid dienone is 2. The van der Waals surface area contributed by atoms with Crippen molar-refractivity contribution in [2.75, 3.05) is 0 Å². The minimum absolute atomic E-state index is 0.0975. The van der Waals surface area contributed by atoms with Crippen molar-refractivity contribution >= 4 is 35.1 Å². The summed E-state index contributed by atoms with van der Waals surface area (Å²) < 4.78 is 0.195. The predicted octanol–water partition coefficient (Wildman–Crippen LogP) is 18.9. The molecule has 2 saturated carbocycles. The average Bonchev–Trinajstić information content (AvgIpc) is 3.78. The summed E-state index contributed by atoms with van der Waals surface area (Å²) in [6, 6.07) is 28.7. The van der Waals surface area contributed by atoms with Gasteiger partial charge in [-0.25, -0.2) is 0 Å². The molecule has 0 aliphatic heterocycles. The Bertz CT molecular complexity index is 2130. The summed E-state index contributed by atoms with van der Waals surface area (Å²) in [5.41, 5.74) is 20.1. The van der Waals surface area contributed by atoms with Crippen LogP contribution in [0.25, 0.3) is 34.4 Å². The summed E-state index contributed by atoms with van der Waals surface area (Å²) in [6.45, 7) is 19.1. The Morgan fingerprint density at radius 3 is 1.18 bits per heavy atom. The molecule has 2 fully saturated rings. The molecule has 0 spiro atoms. The molecule has 0 N–H and O–H groups in total. The molecule has 0 saturated heterocycles. The van der Waals surface area contributed by atoms with Crippen LogP contribution in [0, 0.1) is 38.5 Å². The molecule has 331 valence electrons. The maximum atomic E-state index is 9.37. The van der Waals surface area contributed by atoms with Crippen molar-refractivity contribution in [3.63, 3.8) is 0 Å². The maximum absolute atomic E-state index is 9.37. The molecule has 62 heavy (non-hydrogen) atoms. The van der Waals surface area contributed by atoms with Gasteiger partial charge in [-0.1, -0.05) is 0 Å². The topological polar surface area (TPSA) is 0 Å². The molecular weight excluding hydrogens is 887 g/mol. The Morgan fingerprint density at radius 2 is 0.855 bits per heavy atom. The Labute approximate surface area is 386 Å². The second-order valence-corrected chi connectivity index (χ2v) is 64.2. The Balaban J connectivity index is 1.38. The number of fused-ring (bicyclic) bond motifs is 2. The van der Waals surface area contributed by atoms with Crippen LogP contribution < -0.4 is 0 Å². The molecule has 0 nitrogen and oxygen atoms in total. The Hall–Kier alpha value is -1.96. The van der Waals surface area contributed by atoms with Crippen LogP contribution in [0.4, 0.5) is 0 Å². The molecule has 0 amide bonds. The number of hydrogen-bond acceptors (Lipinski definition) is 0. The van der Waals surface area contributed by atoms with E-state index < -0.39 is 21.5 Å². The van der Waals surface area contributed by atoms with Gasteiger partial charge in [0.15, 0.2) is 0 Å². The van der Waals surface area contributed by atoms with Crippen LogP contribution in [0.2, 0.25) is 13.1 Å². The molecular formula is C58H77Cl2SiZr. The SMILES string of the molecule is CCC1(CC2=Cc3c(-c4cc(C)cc(C)c4)cccc3[CH]2[Zr]([Cl])([Cl])([CH]2C(CC3(CC)CCCCCCC3)=Cc3c(-c4cc(C)cc(C)c4)cccc32)[SiH](C)C)CCCCCCC1. The van der Waals surface area contributed by atoms with Crippen LogP contribution in [0.1, 0.15) is 181 Å².